The van der Waals surface area contributed by atoms with Gasteiger partial charge in [0.1, 0.15) is 11.8 Å². The first-order valence-corrected chi connectivity index (χ1v) is 10.6. The van der Waals surface area contributed by atoms with Gasteiger partial charge in [0.05, 0.1) is 23.2 Å². The Kier molecular flexibility index (Phi) is 6.44. The molecule has 4 nitrogen and oxygen atoms in total. The van der Waals surface area contributed by atoms with Gasteiger partial charge in [-0.2, -0.15) is 5.26 Å². The molecular weight excluding hydrogens is 382 g/mol. The van der Waals surface area contributed by atoms with Gasteiger partial charge in [0.25, 0.3) is 0 Å². The Morgan fingerprint density at radius 1 is 1.00 bits per heavy atom. The summed E-state index contributed by atoms with van der Waals surface area (Å²) in [4.78, 5) is 4.69. The highest BCUT2D eigenvalue weighted by molar-refractivity contribution is 5.90. The first-order chi connectivity index (χ1) is 15.3. The van der Waals surface area contributed by atoms with Crippen LogP contribution in [0.3, 0.4) is 0 Å². The average Bonchev–Trinajstić information content (AvgIpc) is 3.20. The van der Waals surface area contributed by atoms with Crippen LogP contribution in [0, 0.1) is 11.3 Å². The maximum absolute atomic E-state index is 9.78. The topological polar surface area (TPSA) is 50.8 Å². The smallest absolute Gasteiger partial charge is 0.151 e. The number of nitrogens with zero attached hydrogens (tertiary/aromatic N) is 3. The number of ether oxygens (including phenoxy) is 1. The van der Waals surface area contributed by atoms with Gasteiger partial charge in [-0.25, -0.2) is 4.98 Å². The van der Waals surface area contributed by atoms with Crippen molar-refractivity contribution in [3.05, 3.63) is 95.8 Å². The monoisotopic (exact) mass is 407 g/mol. The molecule has 0 unspecified atom stereocenters. The summed E-state index contributed by atoms with van der Waals surface area (Å²) in [6.45, 7) is 3.50. The van der Waals surface area contributed by atoms with E-state index in [0.29, 0.717) is 18.0 Å². The summed E-state index contributed by atoms with van der Waals surface area (Å²) in [6, 6.07) is 28.6. The van der Waals surface area contributed by atoms with E-state index in [2.05, 4.69) is 41.8 Å². The van der Waals surface area contributed by atoms with Crippen LogP contribution in [-0.4, -0.2) is 16.2 Å². The highest BCUT2D eigenvalue weighted by Gasteiger charge is 2.13. The van der Waals surface area contributed by atoms with E-state index in [1.807, 2.05) is 60.7 Å². The minimum Gasteiger partial charge on any atom is -0.494 e. The van der Waals surface area contributed by atoms with Gasteiger partial charge >= 0.3 is 0 Å². The summed E-state index contributed by atoms with van der Waals surface area (Å²) in [5.41, 5.74) is 4.77. The van der Waals surface area contributed by atoms with Crippen molar-refractivity contribution in [1.82, 2.24) is 9.55 Å². The number of allylic oxidation sites excluding steroid dienone is 1. The third-order valence-corrected chi connectivity index (χ3v) is 5.24. The minimum absolute atomic E-state index is 0.551. The van der Waals surface area contributed by atoms with Crippen molar-refractivity contribution in [3.8, 4) is 11.8 Å². The molecule has 0 radical (unpaired) electrons. The molecule has 4 aromatic rings. The second-order valence-electron chi connectivity index (χ2n) is 7.34. The third-order valence-electron chi connectivity index (χ3n) is 5.24. The second kappa shape index (κ2) is 9.77. The summed E-state index contributed by atoms with van der Waals surface area (Å²) < 4.78 is 7.95. The predicted octanol–water partition coefficient (Wildman–Crippen LogP) is 6.13. The molecule has 31 heavy (non-hydrogen) atoms. The fourth-order valence-electron chi connectivity index (χ4n) is 3.69. The van der Waals surface area contributed by atoms with Crippen molar-refractivity contribution < 1.29 is 4.74 Å². The number of benzene rings is 3. The summed E-state index contributed by atoms with van der Waals surface area (Å²) in [5.74, 6) is 1.54. The SMILES string of the molecule is CCn1c(/C(C#N)=C\c2ccc(OCCCc3ccccc3)cc2)nc2ccccc21. The largest absolute Gasteiger partial charge is 0.494 e. The van der Waals surface area contributed by atoms with Crippen LogP contribution in [0.15, 0.2) is 78.9 Å². The molecule has 1 heterocycles. The van der Waals surface area contributed by atoms with Crippen LogP contribution in [0.25, 0.3) is 22.7 Å². The van der Waals surface area contributed by atoms with Crippen molar-refractivity contribution in [2.45, 2.75) is 26.3 Å². The quantitative estimate of drug-likeness (QED) is 0.261. The Bertz CT molecular complexity index is 1220. The van der Waals surface area contributed by atoms with Gasteiger partial charge < -0.3 is 9.30 Å². The summed E-state index contributed by atoms with van der Waals surface area (Å²) in [5, 5.41) is 9.78. The van der Waals surface area contributed by atoms with Crippen molar-refractivity contribution >= 4 is 22.7 Å². The van der Waals surface area contributed by atoms with Crippen LogP contribution >= 0.6 is 0 Å². The Labute approximate surface area is 183 Å². The van der Waals surface area contributed by atoms with Crippen LogP contribution in [-0.2, 0) is 13.0 Å². The first kappa shape index (κ1) is 20.4. The molecule has 3 aromatic carbocycles. The third kappa shape index (κ3) is 4.84. The number of nitriles is 1. The number of hydrogen-bond donors (Lipinski definition) is 0. The predicted molar refractivity (Wildman–Crippen MR) is 126 cm³/mol. The number of fused-ring (bicyclic) bond motifs is 1. The van der Waals surface area contributed by atoms with Gasteiger partial charge in [0.2, 0.25) is 0 Å². The Balaban J connectivity index is 1.44. The number of para-hydroxylation sites is 2. The molecule has 0 spiro atoms. The van der Waals surface area contributed by atoms with E-state index in [-0.39, 0.29) is 0 Å². The van der Waals surface area contributed by atoms with E-state index in [1.54, 1.807) is 0 Å². The van der Waals surface area contributed by atoms with Gasteiger partial charge in [-0.05, 0) is 61.2 Å². The van der Waals surface area contributed by atoms with E-state index in [0.717, 1.165) is 41.7 Å². The van der Waals surface area contributed by atoms with Crippen molar-refractivity contribution in [3.63, 3.8) is 0 Å². The summed E-state index contributed by atoms with van der Waals surface area (Å²) in [7, 11) is 0. The molecule has 0 saturated carbocycles. The molecule has 0 aliphatic carbocycles. The zero-order chi connectivity index (χ0) is 21.5. The number of rotatable bonds is 8. The van der Waals surface area contributed by atoms with Crippen LogP contribution in [0.5, 0.6) is 5.75 Å². The van der Waals surface area contributed by atoms with Gasteiger partial charge in [-0.3, -0.25) is 0 Å². The van der Waals surface area contributed by atoms with Crippen LogP contribution in [0.1, 0.15) is 30.3 Å². The Morgan fingerprint density at radius 2 is 1.74 bits per heavy atom. The summed E-state index contributed by atoms with van der Waals surface area (Å²) in [6.07, 6.45) is 3.86. The van der Waals surface area contributed by atoms with E-state index >= 15 is 0 Å². The molecule has 0 aliphatic heterocycles. The number of hydrogen-bond acceptors (Lipinski definition) is 3. The standard InChI is InChI=1S/C27H25N3O/c1-2-30-26-13-7-6-12-25(26)29-27(30)23(20-28)19-22-14-16-24(17-15-22)31-18-8-11-21-9-4-3-5-10-21/h3-7,9-10,12-17,19H,2,8,11,18H2,1H3/b23-19-. The molecule has 1 aromatic heterocycles. The van der Waals surface area contributed by atoms with Crippen molar-refractivity contribution in [1.29, 1.82) is 5.26 Å². The number of aromatic nitrogens is 2. The van der Waals surface area contributed by atoms with Gasteiger partial charge in [0.15, 0.2) is 5.82 Å². The molecule has 0 saturated heterocycles. The number of aryl methyl sites for hydroxylation is 2. The molecule has 4 heteroatoms. The molecule has 0 bridgehead atoms. The molecular formula is C27H25N3O. The van der Waals surface area contributed by atoms with Gasteiger partial charge in [-0.15, -0.1) is 0 Å². The lowest BCUT2D eigenvalue weighted by Crippen LogP contribution is -2.00. The number of imidazole rings is 1. The van der Waals surface area contributed by atoms with Crippen molar-refractivity contribution in [2.24, 2.45) is 0 Å². The average molecular weight is 408 g/mol. The fourth-order valence-corrected chi connectivity index (χ4v) is 3.69. The van der Waals surface area contributed by atoms with Crippen LogP contribution < -0.4 is 4.74 Å². The van der Waals surface area contributed by atoms with E-state index in [1.165, 1.54) is 5.56 Å². The lowest BCUT2D eigenvalue weighted by Gasteiger charge is -2.07. The van der Waals surface area contributed by atoms with E-state index in [4.69, 9.17) is 9.72 Å². The maximum atomic E-state index is 9.78. The van der Waals surface area contributed by atoms with Crippen LogP contribution in [0.4, 0.5) is 0 Å². The molecule has 154 valence electrons. The lowest BCUT2D eigenvalue weighted by atomic mass is 10.1. The normalized spacial score (nSPS) is 11.4. The molecule has 4 rings (SSSR count). The molecule has 0 amide bonds. The Morgan fingerprint density at radius 3 is 2.48 bits per heavy atom. The lowest BCUT2D eigenvalue weighted by molar-refractivity contribution is 0.311. The minimum atomic E-state index is 0.551. The zero-order valence-electron chi connectivity index (χ0n) is 17.7. The first-order valence-electron chi connectivity index (χ1n) is 10.6. The van der Waals surface area contributed by atoms with Gasteiger partial charge in [-0.1, -0.05) is 54.6 Å². The van der Waals surface area contributed by atoms with E-state index in [9.17, 15) is 5.26 Å². The second-order valence-corrected chi connectivity index (χ2v) is 7.34. The van der Waals surface area contributed by atoms with Crippen molar-refractivity contribution in [2.75, 3.05) is 6.61 Å². The molecule has 0 fully saturated rings. The molecule has 0 atom stereocenters. The molecule has 0 N–H and O–H groups in total. The summed E-state index contributed by atoms with van der Waals surface area (Å²) >= 11 is 0. The Hall–Kier alpha value is -3.84. The highest BCUT2D eigenvalue weighted by Crippen LogP contribution is 2.24. The fraction of sp³-hybridized carbons (Fsp3) is 0.185. The van der Waals surface area contributed by atoms with E-state index < -0.39 is 0 Å². The van der Waals surface area contributed by atoms with Gasteiger partial charge in [0, 0.05) is 6.54 Å². The molecule has 0 aliphatic rings. The van der Waals surface area contributed by atoms with Crippen LogP contribution in [0.2, 0.25) is 0 Å². The zero-order valence-corrected chi connectivity index (χ0v) is 17.7. The highest BCUT2D eigenvalue weighted by atomic mass is 16.5. The maximum Gasteiger partial charge on any atom is 0.151 e.